The van der Waals surface area contributed by atoms with E-state index in [4.69, 9.17) is 5.11 Å². The molecule has 96 valence electrons. The molecule has 0 saturated carbocycles. The molecule has 1 aromatic carbocycles. The lowest BCUT2D eigenvalue weighted by atomic mass is 10.0. The van der Waals surface area contributed by atoms with Gasteiger partial charge in [-0.25, -0.2) is 4.79 Å². The molecule has 0 bridgehead atoms. The van der Waals surface area contributed by atoms with Crippen LogP contribution in [0.4, 0.5) is 0 Å². The number of carboxylic acid groups (broad SMARTS) is 1. The minimum Gasteiger partial charge on any atom is -1.00 e. The van der Waals surface area contributed by atoms with Gasteiger partial charge in [-0.1, -0.05) is 30.3 Å². The van der Waals surface area contributed by atoms with Crippen molar-refractivity contribution in [3.8, 4) is 0 Å². The van der Waals surface area contributed by atoms with E-state index in [9.17, 15) is 4.79 Å². The van der Waals surface area contributed by atoms with Crippen molar-refractivity contribution >= 4 is 18.6 Å². The fraction of sp³-hybridized carbons (Fsp3) is 0.417. The lowest BCUT2D eigenvalue weighted by Crippen LogP contribution is -3.00. The van der Waals surface area contributed by atoms with E-state index in [0.29, 0.717) is 6.54 Å². The van der Waals surface area contributed by atoms with Gasteiger partial charge in [-0.05, 0) is 13.8 Å². The Kier molecular flexibility index (Phi) is 6.60. The second-order valence-corrected chi connectivity index (χ2v) is 5.55. The molecule has 0 aliphatic rings. The molecule has 0 saturated heterocycles. The second kappa shape index (κ2) is 6.89. The van der Waals surface area contributed by atoms with Crippen molar-refractivity contribution < 1.29 is 27.6 Å². The van der Waals surface area contributed by atoms with Gasteiger partial charge in [0.1, 0.15) is 6.54 Å². The summed E-state index contributed by atoms with van der Waals surface area (Å²) in [6.45, 7) is 4.29. The topological polar surface area (TPSA) is 53.9 Å². The molecule has 0 radical (unpaired) electrons. The van der Waals surface area contributed by atoms with Crippen LogP contribution in [0.5, 0.6) is 0 Å². The summed E-state index contributed by atoms with van der Waals surface area (Å²) in [5.41, 5.74) is 1.12. The summed E-state index contributed by atoms with van der Waals surface area (Å²) in [6.07, 6.45) is 0. The van der Waals surface area contributed by atoms with E-state index in [1.807, 2.05) is 49.5 Å². The van der Waals surface area contributed by atoms with Gasteiger partial charge in [0.2, 0.25) is 0 Å². The van der Waals surface area contributed by atoms with Gasteiger partial charge in [-0.3, -0.25) is 0 Å². The summed E-state index contributed by atoms with van der Waals surface area (Å²) in [4.78, 5) is 11.1. The predicted molar refractivity (Wildman–Crippen MR) is 66.6 cm³/mol. The number of halogens is 1. The first-order valence-corrected chi connectivity index (χ1v) is 5.68. The first-order valence-electron chi connectivity index (χ1n) is 5.23. The van der Waals surface area contributed by atoms with Gasteiger partial charge in [-0.15, -0.1) is 0 Å². The third-order valence-electron chi connectivity index (χ3n) is 2.46. The third-order valence-corrected chi connectivity index (χ3v) is 2.74. The molecule has 1 aromatic rings. The molecule has 0 aliphatic heterocycles. The van der Waals surface area contributed by atoms with Crippen molar-refractivity contribution in [3.63, 3.8) is 0 Å². The van der Waals surface area contributed by atoms with Crippen LogP contribution in [-0.4, -0.2) is 21.9 Å². The first kappa shape index (κ1) is 16.3. The Morgan fingerprint density at radius 3 is 2.35 bits per heavy atom. The number of quaternary nitrogens is 1. The molecule has 0 amide bonds. The van der Waals surface area contributed by atoms with E-state index in [1.165, 1.54) is 0 Å². The zero-order chi connectivity index (χ0) is 12.2. The molecule has 1 rings (SSSR count). The minimum atomic E-state index is -0.823. The van der Waals surface area contributed by atoms with Crippen molar-refractivity contribution in [1.82, 2.24) is 0 Å². The average Bonchev–Trinajstić information content (AvgIpc) is 2.17. The van der Waals surface area contributed by atoms with Gasteiger partial charge in [0.25, 0.3) is 0 Å². The fourth-order valence-corrected chi connectivity index (χ4v) is 1.78. The maximum atomic E-state index is 11.1. The number of nitrogens with two attached hydrogens (primary N) is 1. The number of carboxylic acids is 1. The van der Waals surface area contributed by atoms with Crippen LogP contribution in [0, 0.1) is 0 Å². The SMILES string of the molecule is CC(C)(S)[C@@H]([NH2+]Cc1ccccc1)C(=O)O.[Cl-]. The van der Waals surface area contributed by atoms with Crippen molar-refractivity contribution in [2.24, 2.45) is 0 Å². The lowest BCUT2D eigenvalue weighted by Gasteiger charge is -2.23. The molecule has 1 atom stereocenters. The van der Waals surface area contributed by atoms with Crippen LogP contribution in [-0.2, 0) is 11.3 Å². The Balaban J connectivity index is 0.00000256. The van der Waals surface area contributed by atoms with E-state index in [0.717, 1.165) is 5.56 Å². The Morgan fingerprint density at radius 2 is 1.94 bits per heavy atom. The zero-order valence-electron chi connectivity index (χ0n) is 9.93. The minimum absolute atomic E-state index is 0. The molecule has 17 heavy (non-hydrogen) atoms. The molecule has 0 aliphatic carbocycles. The number of rotatable bonds is 5. The number of hydrogen-bond acceptors (Lipinski definition) is 2. The lowest BCUT2D eigenvalue weighted by molar-refractivity contribution is -0.696. The van der Waals surface area contributed by atoms with Gasteiger partial charge in [0.05, 0.1) is 4.75 Å². The summed E-state index contributed by atoms with van der Waals surface area (Å²) in [6, 6.07) is 9.27. The molecule has 5 heteroatoms. The molecule has 0 heterocycles. The van der Waals surface area contributed by atoms with Crippen molar-refractivity contribution in [1.29, 1.82) is 0 Å². The maximum absolute atomic E-state index is 11.1. The monoisotopic (exact) mass is 275 g/mol. The highest BCUT2D eigenvalue weighted by atomic mass is 35.5. The van der Waals surface area contributed by atoms with Gasteiger partial charge in [-0.2, -0.15) is 12.6 Å². The van der Waals surface area contributed by atoms with Gasteiger partial charge < -0.3 is 22.8 Å². The molecule has 3 N–H and O–H groups in total. The van der Waals surface area contributed by atoms with E-state index in [1.54, 1.807) is 0 Å². The summed E-state index contributed by atoms with van der Waals surface area (Å²) < 4.78 is -0.541. The van der Waals surface area contributed by atoms with E-state index >= 15 is 0 Å². The zero-order valence-corrected chi connectivity index (χ0v) is 11.6. The largest absolute Gasteiger partial charge is 1.00 e. The standard InChI is InChI=1S/C12H17NO2S.ClH/c1-12(2,16)10(11(14)15)13-8-9-6-4-3-5-7-9;/h3-7,10,13,16H,8H2,1-2H3,(H,14,15);1H/t10-;/m0./s1. The maximum Gasteiger partial charge on any atom is 0.363 e. The number of thiol groups is 1. The quantitative estimate of drug-likeness (QED) is 0.540. The van der Waals surface area contributed by atoms with Crippen LogP contribution in [0.2, 0.25) is 0 Å². The van der Waals surface area contributed by atoms with E-state index < -0.39 is 16.8 Å². The highest BCUT2D eigenvalue weighted by molar-refractivity contribution is 7.81. The average molecular weight is 276 g/mol. The Hall–Kier alpha value is -0.710. The van der Waals surface area contributed by atoms with Crippen molar-refractivity contribution in [2.75, 3.05) is 0 Å². The molecule has 3 nitrogen and oxygen atoms in total. The summed E-state index contributed by atoms with van der Waals surface area (Å²) in [7, 11) is 0. The third kappa shape index (κ3) is 5.44. The smallest absolute Gasteiger partial charge is 0.363 e. The van der Waals surface area contributed by atoms with Crippen LogP contribution < -0.4 is 17.7 Å². The fourth-order valence-electron chi connectivity index (χ4n) is 1.56. The Bertz CT molecular complexity index is 351. The molecule has 0 aromatic heterocycles. The number of hydrogen-bond donors (Lipinski definition) is 3. The first-order chi connectivity index (χ1) is 7.41. The van der Waals surface area contributed by atoms with Gasteiger partial charge in [0.15, 0.2) is 6.04 Å². The van der Waals surface area contributed by atoms with Crippen molar-refractivity contribution in [3.05, 3.63) is 35.9 Å². The highest BCUT2D eigenvalue weighted by Crippen LogP contribution is 2.15. The summed E-state index contributed by atoms with van der Waals surface area (Å²) in [5.74, 6) is -0.823. The van der Waals surface area contributed by atoms with Crippen LogP contribution in [0.15, 0.2) is 30.3 Å². The number of benzene rings is 1. The van der Waals surface area contributed by atoms with E-state index in [2.05, 4.69) is 12.6 Å². The normalized spacial score (nSPS) is 12.6. The van der Waals surface area contributed by atoms with E-state index in [-0.39, 0.29) is 12.4 Å². The molecule has 0 unspecified atom stereocenters. The number of carbonyl (C=O) groups is 1. The highest BCUT2D eigenvalue weighted by Gasteiger charge is 2.35. The Morgan fingerprint density at radius 1 is 1.41 bits per heavy atom. The number of aliphatic carboxylic acids is 1. The molecule has 0 spiro atoms. The van der Waals surface area contributed by atoms with Crippen LogP contribution in [0.25, 0.3) is 0 Å². The summed E-state index contributed by atoms with van der Waals surface area (Å²) >= 11 is 4.32. The van der Waals surface area contributed by atoms with Crippen LogP contribution >= 0.6 is 12.6 Å². The second-order valence-electron chi connectivity index (χ2n) is 4.39. The van der Waals surface area contributed by atoms with Crippen molar-refractivity contribution in [2.45, 2.75) is 31.2 Å². The Labute approximate surface area is 113 Å². The van der Waals surface area contributed by atoms with Crippen LogP contribution in [0.3, 0.4) is 0 Å². The molecule has 0 fully saturated rings. The van der Waals surface area contributed by atoms with Gasteiger partial charge in [0, 0.05) is 5.56 Å². The molecular formula is C12H18ClNO2S. The van der Waals surface area contributed by atoms with Crippen LogP contribution in [0.1, 0.15) is 19.4 Å². The summed E-state index contributed by atoms with van der Waals surface area (Å²) in [5, 5.41) is 10.9. The predicted octanol–water partition coefficient (Wildman–Crippen LogP) is -2.08. The molecular weight excluding hydrogens is 258 g/mol. The van der Waals surface area contributed by atoms with Gasteiger partial charge >= 0.3 is 5.97 Å².